The number of carbonyl (C=O) groups excluding carboxylic acids is 1. The van der Waals surface area contributed by atoms with Crippen molar-refractivity contribution in [1.82, 2.24) is 0 Å². The lowest BCUT2D eigenvalue weighted by atomic mass is 9.79. The number of cyclic esters (lactones) is 1. The number of hydrogen-bond acceptors (Lipinski definition) is 20. The number of esters is 1. The Hall–Kier alpha value is -3.56. The summed E-state index contributed by atoms with van der Waals surface area (Å²) in [6.07, 6.45) is -0.474. The second-order valence-electron chi connectivity index (χ2n) is 20.8. The number of ether oxygens (including phenoxy) is 6. The number of hydrogen-bond donors (Lipinski definition) is 13. The normalized spacial score (nSPS) is 47.2. The van der Waals surface area contributed by atoms with Crippen LogP contribution in [0.3, 0.4) is 0 Å². The van der Waals surface area contributed by atoms with Gasteiger partial charge in [-0.15, -0.1) is 0 Å². The standard InChI is InChI=1S/C54H85NO20/c1-30-19-17-15-13-11-9-7-8-10-12-14-16-18-20-39(73-51-49(65)47(55)48(64)35(6)72-51)26-44-54(69,52(66)67)43(62)29-53(68,75-44)28-38(58)24-42(61)40(59)22-21-36(56)23-37(57)25-45(63)70-34(5)32(3)50(30)74-46-27-41(60)31(2)33(4)71-46/h7-20,30-44,46-51,56-62,64-65,68-69H,21-29,55H2,1-6H3,(H,66,67)/b8-7+,11-9+,12-10+,15-13+,16-14+,19-17+,20-18+/t30-,31-,32-,33-,34-,35+,36+,37+,38-,39-,40+,41+,42+,43-,44-,46?,47-,48+,49-,50+,51+,53+,54-/m0/s1. The van der Waals surface area contributed by atoms with Gasteiger partial charge in [0, 0.05) is 49.9 Å². The second kappa shape index (κ2) is 30.0. The number of fused-ring (bicyclic) bond motifs is 2. The van der Waals surface area contributed by atoms with Crippen LogP contribution in [0.2, 0.25) is 0 Å². The van der Waals surface area contributed by atoms with Gasteiger partial charge in [-0.1, -0.05) is 106 Å². The minimum atomic E-state index is -3.05. The van der Waals surface area contributed by atoms with Crippen molar-refractivity contribution in [2.75, 3.05) is 0 Å². The highest BCUT2D eigenvalue weighted by Gasteiger charge is 2.60. The molecule has 21 heteroatoms. The van der Waals surface area contributed by atoms with Gasteiger partial charge in [0.15, 0.2) is 18.4 Å². The lowest BCUT2D eigenvalue weighted by Crippen LogP contribution is -2.68. The van der Waals surface area contributed by atoms with Gasteiger partial charge in [-0.2, -0.15) is 0 Å². The Morgan fingerprint density at radius 1 is 0.613 bits per heavy atom. The number of aliphatic carboxylic acids is 1. The largest absolute Gasteiger partial charge is 0.479 e. The topological polar surface area (TPSA) is 358 Å². The number of carbonyl (C=O) groups is 2. The van der Waals surface area contributed by atoms with Crippen LogP contribution in [-0.2, 0) is 38.0 Å². The molecule has 0 spiro atoms. The molecule has 0 aliphatic carbocycles. The van der Waals surface area contributed by atoms with E-state index in [1.807, 2.05) is 58.1 Å². The summed E-state index contributed by atoms with van der Waals surface area (Å²) in [4.78, 5) is 25.7. The van der Waals surface area contributed by atoms with Gasteiger partial charge < -0.3 is 95.4 Å². The van der Waals surface area contributed by atoms with Crippen LogP contribution in [0.25, 0.3) is 0 Å². The number of nitrogens with two attached hydrogens (primary N) is 1. The van der Waals surface area contributed by atoms with Crippen molar-refractivity contribution in [3.8, 4) is 0 Å². The maximum atomic E-state index is 13.1. The van der Waals surface area contributed by atoms with E-state index in [0.29, 0.717) is 0 Å². The number of aliphatic hydroxyl groups excluding tert-OH is 9. The highest BCUT2D eigenvalue weighted by Crippen LogP contribution is 2.41. The van der Waals surface area contributed by atoms with Gasteiger partial charge in [0.25, 0.3) is 0 Å². The number of rotatable bonds is 5. The molecule has 23 atom stereocenters. The van der Waals surface area contributed by atoms with E-state index < -0.39 is 165 Å². The molecule has 426 valence electrons. The molecule has 4 aliphatic rings. The van der Waals surface area contributed by atoms with Crippen molar-refractivity contribution in [3.63, 3.8) is 0 Å². The van der Waals surface area contributed by atoms with Gasteiger partial charge in [0.05, 0.1) is 79.6 Å². The number of allylic oxidation sites excluding steroid dienone is 12. The Morgan fingerprint density at radius 3 is 1.79 bits per heavy atom. The number of carboxylic acid groups (broad SMARTS) is 1. The van der Waals surface area contributed by atoms with Crippen LogP contribution >= 0.6 is 0 Å². The Bertz CT molecular complexity index is 1970. The first-order valence-electron chi connectivity index (χ1n) is 26.0. The van der Waals surface area contributed by atoms with Crippen molar-refractivity contribution >= 4 is 11.9 Å². The van der Waals surface area contributed by atoms with Crippen LogP contribution in [0, 0.1) is 17.8 Å². The summed E-state index contributed by atoms with van der Waals surface area (Å²) >= 11 is 0. The molecular formula is C54H85NO20. The monoisotopic (exact) mass is 1070 g/mol. The molecule has 0 aromatic carbocycles. The zero-order valence-corrected chi connectivity index (χ0v) is 43.8. The first-order valence-corrected chi connectivity index (χ1v) is 26.0. The van der Waals surface area contributed by atoms with Crippen LogP contribution in [0.1, 0.15) is 99.3 Å². The minimum absolute atomic E-state index is 0.0937. The van der Waals surface area contributed by atoms with Gasteiger partial charge in [0.2, 0.25) is 5.60 Å². The Balaban J connectivity index is 1.59. The smallest absolute Gasteiger partial charge is 0.341 e. The quantitative estimate of drug-likeness (QED) is 0.171. The first-order chi connectivity index (χ1) is 35.3. The fourth-order valence-electron chi connectivity index (χ4n) is 9.55. The van der Waals surface area contributed by atoms with E-state index >= 15 is 0 Å². The summed E-state index contributed by atoms with van der Waals surface area (Å²) in [5.41, 5.74) is 2.98. The molecule has 21 nitrogen and oxygen atoms in total. The average Bonchev–Trinajstić information content (AvgIpc) is 3.33. The predicted molar refractivity (Wildman–Crippen MR) is 271 cm³/mol. The lowest BCUT2D eigenvalue weighted by Gasteiger charge is -2.48. The molecule has 3 saturated heterocycles. The van der Waals surface area contributed by atoms with Gasteiger partial charge >= 0.3 is 11.9 Å². The molecule has 4 rings (SSSR count). The molecule has 0 radical (unpaired) electrons. The van der Waals surface area contributed by atoms with E-state index in [0.717, 1.165) is 0 Å². The highest BCUT2D eigenvalue weighted by molar-refractivity contribution is 5.79. The zero-order chi connectivity index (χ0) is 55.8. The van der Waals surface area contributed by atoms with Crippen LogP contribution in [0.4, 0.5) is 0 Å². The van der Waals surface area contributed by atoms with Crippen LogP contribution < -0.4 is 5.73 Å². The highest BCUT2D eigenvalue weighted by atomic mass is 16.7. The number of carboxylic acids is 1. The summed E-state index contributed by atoms with van der Waals surface area (Å²) in [6.45, 7) is 10.8. The molecule has 1 unspecified atom stereocenters. The average molecular weight is 1070 g/mol. The van der Waals surface area contributed by atoms with E-state index in [2.05, 4.69) is 0 Å². The fraction of sp³-hybridized carbons (Fsp3) is 0.704. The van der Waals surface area contributed by atoms with E-state index in [4.69, 9.17) is 34.2 Å². The molecule has 2 bridgehead atoms. The van der Waals surface area contributed by atoms with Crippen molar-refractivity contribution in [2.45, 2.75) is 221 Å². The fourth-order valence-corrected chi connectivity index (χ4v) is 9.55. The molecule has 4 aliphatic heterocycles. The molecule has 0 aromatic heterocycles. The third-order valence-electron chi connectivity index (χ3n) is 14.6. The summed E-state index contributed by atoms with van der Waals surface area (Å²) in [5.74, 6) is -5.89. The molecule has 0 amide bonds. The third-order valence-corrected chi connectivity index (χ3v) is 14.6. The van der Waals surface area contributed by atoms with Crippen molar-refractivity contribution in [2.24, 2.45) is 23.5 Å². The van der Waals surface area contributed by atoms with Gasteiger partial charge in [-0.05, 0) is 40.0 Å². The molecule has 4 heterocycles. The van der Waals surface area contributed by atoms with Gasteiger partial charge in [0.1, 0.15) is 24.4 Å². The van der Waals surface area contributed by atoms with Crippen molar-refractivity contribution < 1.29 is 99.3 Å². The Labute approximate surface area is 439 Å². The van der Waals surface area contributed by atoms with Crippen molar-refractivity contribution in [3.05, 3.63) is 85.1 Å². The summed E-state index contributed by atoms with van der Waals surface area (Å²) in [5, 5.41) is 131. The van der Waals surface area contributed by atoms with E-state index in [-0.39, 0.29) is 43.6 Å². The minimum Gasteiger partial charge on any atom is -0.479 e. The molecule has 0 aromatic rings. The molecule has 14 N–H and O–H groups in total. The maximum Gasteiger partial charge on any atom is 0.341 e. The maximum absolute atomic E-state index is 13.1. The van der Waals surface area contributed by atoms with E-state index in [1.54, 1.807) is 49.5 Å². The van der Waals surface area contributed by atoms with E-state index in [1.165, 1.54) is 19.1 Å². The van der Waals surface area contributed by atoms with Crippen LogP contribution in [-0.4, -0.2) is 195 Å². The number of aliphatic hydroxyl groups is 11. The second-order valence-corrected chi connectivity index (χ2v) is 20.8. The summed E-state index contributed by atoms with van der Waals surface area (Å²) in [7, 11) is 0. The van der Waals surface area contributed by atoms with Crippen molar-refractivity contribution in [1.29, 1.82) is 0 Å². The van der Waals surface area contributed by atoms with Gasteiger partial charge in [-0.25, -0.2) is 4.79 Å². The lowest BCUT2D eigenvalue weighted by molar-refractivity contribution is -0.337. The zero-order valence-electron chi connectivity index (χ0n) is 43.8. The van der Waals surface area contributed by atoms with Crippen LogP contribution in [0.5, 0.6) is 0 Å². The summed E-state index contributed by atoms with van der Waals surface area (Å²) < 4.78 is 35.9. The third kappa shape index (κ3) is 19.1. The molecule has 3 fully saturated rings. The Morgan fingerprint density at radius 2 is 1.20 bits per heavy atom. The van der Waals surface area contributed by atoms with Crippen LogP contribution in [0.15, 0.2) is 85.1 Å². The summed E-state index contributed by atoms with van der Waals surface area (Å²) in [6, 6.07) is -1.21. The first kappa shape index (κ1) is 64.0. The Kier molecular flexibility index (Phi) is 25.6. The van der Waals surface area contributed by atoms with E-state index in [9.17, 15) is 70.9 Å². The SMILES string of the molecule is C[C@@H]1[C@H](OC2C[C@@H](O)[C@@H](C)[C@H](C)O2)[C@@H](C)/C=C/C=C/C=C/C=C/C=C/C=C/C=C/[C@H](O[C@H]2O[C@H](C)[C@@H](O)[C@H](N)[C@@H]2O)C[C@@H]2O[C@](O)(C[C@@H](O)C[C@@H](O)[C@H](O)CC[C@@H](O)C[C@@H](O)CC(=O)O[C@H]1C)C[C@H](O)[C@@]2(O)C(=O)O. The predicted octanol–water partition coefficient (Wildman–Crippen LogP) is 0.983. The molecule has 0 saturated carbocycles. The molecular weight excluding hydrogens is 983 g/mol. The molecule has 75 heavy (non-hydrogen) atoms. The van der Waals surface area contributed by atoms with Gasteiger partial charge in [-0.3, -0.25) is 4.79 Å².